The van der Waals surface area contributed by atoms with E-state index in [1.54, 1.807) is 0 Å². The van der Waals surface area contributed by atoms with Crippen LogP contribution < -0.4 is 0 Å². The van der Waals surface area contributed by atoms with Gasteiger partial charge in [0.1, 0.15) is 0 Å². The van der Waals surface area contributed by atoms with Gasteiger partial charge >= 0.3 is 0 Å². The summed E-state index contributed by atoms with van der Waals surface area (Å²) < 4.78 is 8.66. The van der Waals surface area contributed by atoms with Crippen molar-refractivity contribution in [2.24, 2.45) is 0 Å². The lowest BCUT2D eigenvalue weighted by Gasteiger charge is -2.00. The van der Waals surface area contributed by atoms with Crippen molar-refractivity contribution in [1.82, 2.24) is 0 Å². The Hall–Kier alpha value is 0.410. The maximum absolute atomic E-state index is 8.66. The molecule has 0 heterocycles. The average Bonchev–Trinajstić information content (AvgIpc) is 1.65. The van der Waals surface area contributed by atoms with E-state index < -0.39 is 0 Å². The molecule has 0 unspecified atom stereocenters. The fraction of sp³-hybridized carbons (Fsp3) is 1.00. The van der Waals surface area contributed by atoms with Crippen LogP contribution in [0, 0.1) is 4.61 Å². The van der Waals surface area contributed by atoms with Gasteiger partial charge in [0.2, 0.25) is 0 Å². The van der Waals surface area contributed by atoms with E-state index in [9.17, 15) is 0 Å². The molecule has 0 radical (unpaired) electrons. The summed E-state index contributed by atoms with van der Waals surface area (Å²) in [5, 5.41) is 0. The van der Waals surface area contributed by atoms with Crippen molar-refractivity contribution in [2.45, 2.75) is 6.92 Å². The first kappa shape index (κ1) is 6.41. The Bertz CT molecular complexity index is 72.5. The van der Waals surface area contributed by atoms with Crippen molar-refractivity contribution in [3.8, 4) is 0 Å². The van der Waals surface area contributed by atoms with Crippen molar-refractivity contribution in [3.05, 3.63) is 0 Å². The molecule has 0 spiro atoms. The van der Waals surface area contributed by atoms with Crippen LogP contribution in [0.1, 0.15) is 6.92 Å². The van der Waals surface area contributed by atoms with Crippen LogP contribution in [0.5, 0.6) is 0 Å². The first-order valence-corrected chi connectivity index (χ1v) is 4.85. The number of hydrogen-bond donors (Lipinski definition) is 0. The fourth-order valence-electron chi connectivity index (χ4n) is 0.118. The Morgan fingerprint density at radius 3 is 2.33 bits per heavy atom. The van der Waals surface area contributed by atoms with Gasteiger partial charge in [0, 0.05) is 0 Å². The molecule has 0 fully saturated rings. The maximum Gasteiger partial charge on any atom is -0.0379 e. The van der Waals surface area contributed by atoms with E-state index in [4.69, 9.17) is 4.61 Å². The van der Waals surface area contributed by atoms with Crippen LogP contribution >= 0.6 is 10.8 Å². The SMILES string of the molecule is CC[S-](#N)SC. The summed E-state index contributed by atoms with van der Waals surface area (Å²) in [7, 11) is 1.14. The van der Waals surface area contributed by atoms with E-state index >= 15 is 0 Å². The second-order valence-electron chi connectivity index (χ2n) is 0.777. The van der Waals surface area contributed by atoms with Gasteiger partial charge in [-0.1, -0.05) is 6.92 Å². The van der Waals surface area contributed by atoms with E-state index in [1.807, 2.05) is 13.2 Å². The highest BCUT2D eigenvalue weighted by molar-refractivity contribution is 8.68. The fourth-order valence-corrected chi connectivity index (χ4v) is 1.06. The van der Waals surface area contributed by atoms with E-state index in [1.165, 1.54) is 10.8 Å². The highest BCUT2D eigenvalue weighted by atomic mass is 33.1. The summed E-state index contributed by atoms with van der Waals surface area (Å²) in [4.78, 5) is 0. The Morgan fingerprint density at radius 2 is 2.33 bits per heavy atom. The molecule has 0 N–H and O–H groups in total. The lowest BCUT2D eigenvalue weighted by Crippen LogP contribution is -1.75. The standard InChI is InChI=1S/C3H8NS2/c1-3-6(4)5-2/h3H2,1-2H3/q-1. The second-order valence-corrected chi connectivity index (χ2v) is 4.48. The normalized spacial score (nSPS) is 9.67. The average molecular weight is 122 g/mol. The molecule has 0 amide bonds. The molecule has 0 saturated carbocycles. The van der Waals surface area contributed by atoms with Gasteiger partial charge in [-0.25, -0.2) is 0 Å². The Balaban J connectivity index is 3.08. The molecule has 0 rings (SSSR count). The highest BCUT2D eigenvalue weighted by Gasteiger charge is 1.60. The van der Waals surface area contributed by atoms with Crippen molar-refractivity contribution in [3.63, 3.8) is 0 Å². The van der Waals surface area contributed by atoms with E-state index in [0.717, 1.165) is 5.75 Å². The van der Waals surface area contributed by atoms with E-state index in [2.05, 4.69) is 0 Å². The zero-order valence-electron chi connectivity index (χ0n) is 3.97. The summed E-state index contributed by atoms with van der Waals surface area (Å²) in [6.07, 6.45) is 1.91. The maximum atomic E-state index is 8.66. The molecular formula is C3H8NS2-. The first-order valence-electron chi connectivity index (χ1n) is 1.75. The van der Waals surface area contributed by atoms with Gasteiger partial charge in [0.25, 0.3) is 0 Å². The predicted octanol–water partition coefficient (Wildman–Crippen LogP) is 1.38. The zero-order chi connectivity index (χ0) is 4.99. The van der Waals surface area contributed by atoms with Crippen molar-refractivity contribution < 1.29 is 0 Å². The minimum Gasteiger partial charge on any atom is -0.421 e. The predicted molar refractivity (Wildman–Crippen MR) is 33.1 cm³/mol. The number of hydrogen-bond acceptors (Lipinski definition) is 3. The third-order valence-corrected chi connectivity index (χ3v) is 3.18. The third-order valence-electron chi connectivity index (χ3n) is 0.439. The van der Waals surface area contributed by atoms with Crippen molar-refractivity contribution in [2.75, 3.05) is 12.0 Å². The van der Waals surface area contributed by atoms with Crippen LogP contribution in [0.3, 0.4) is 0 Å². The number of nitrogens with zero attached hydrogens (tertiary/aromatic N) is 1. The molecule has 1 nitrogen and oxygen atoms in total. The summed E-state index contributed by atoms with van der Waals surface area (Å²) in [6, 6.07) is 0. The molecule has 0 aliphatic carbocycles. The Morgan fingerprint density at radius 1 is 1.83 bits per heavy atom. The van der Waals surface area contributed by atoms with Crippen LogP contribution in [-0.4, -0.2) is 12.0 Å². The van der Waals surface area contributed by atoms with Gasteiger partial charge in [-0.05, 0) is 6.26 Å². The Labute approximate surface area is 44.5 Å². The van der Waals surface area contributed by atoms with E-state index in [-0.39, 0.29) is 9.56 Å². The quantitative estimate of drug-likeness (QED) is 0.358. The molecule has 0 atom stereocenters. The second kappa shape index (κ2) is 3.59. The largest absolute Gasteiger partial charge is 0.421 e. The van der Waals surface area contributed by atoms with Gasteiger partial charge in [-0.15, -0.1) is 5.75 Å². The molecule has 3 heteroatoms. The molecule has 38 valence electrons. The zero-order valence-corrected chi connectivity index (χ0v) is 5.60. The van der Waals surface area contributed by atoms with Gasteiger partial charge in [-0.2, -0.15) is 0 Å². The molecule has 0 bridgehead atoms. The molecule has 0 aromatic heterocycles. The molecule has 0 aromatic carbocycles. The molecule has 6 heavy (non-hydrogen) atoms. The van der Waals surface area contributed by atoms with Gasteiger partial charge in [0.15, 0.2) is 0 Å². The van der Waals surface area contributed by atoms with Crippen LogP contribution in [-0.2, 0) is 9.56 Å². The minimum absolute atomic E-state index is 0.367. The molecule has 0 saturated heterocycles. The van der Waals surface area contributed by atoms with Crippen molar-refractivity contribution >= 4 is 20.3 Å². The molecule has 0 aliphatic heterocycles. The third kappa shape index (κ3) is 2.64. The lowest BCUT2D eigenvalue weighted by atomic mass is 11.0. The number of rotatable bonds is 0. The topological polar surface area (TPSA) is 23.8 Å². The highest BCUT2D eigenvalue weighted by Crippen LogP contribution is 1.96. The van der Waals surface area contributed by atoms with Crippen LogP contribution in [0.2, 0.25) is 0 Å². The Kier molecular flexibility index (Phi) is 3.84. The van der Waals surface area contributed by atoms with E-state index in [0.29, 0.717) is 0 Å². The smallest absolute Gasteiger partial charge is 0.0379 e. The van der Waals surface area contributed by atoms with Crippen molar-refractivity contribution in [1.29, 1.82) is 4.61 Å². The molecule has 0 aliphatic rings. The summed E-state index contributed by atoms with van der Waals surface area (Å²) in [5.74, 6) is 0.876. The molecule has 0 aromatic rings. The first-order chi connectivity index (χ1) is 2.81. The van der Waals surface area contributed by atoms with Crippen LogP contribution in [0.25, 0.3) is 0 Å². The summed E-state index contributed by atoms with van der Waals surface area (Å²) in [5.41, 5.74) is 0. The van der Waals surface area contributed by atoms with Crippen LogP contribution in [0.4, 0.5) is 0 Å². The monoisotopic (exact) mass is 122 g/mol. The minimum atomic E-state index is -0.367. The lowest BCUT2D eigenvalue weighted by molar-refractivity contribution is 1.51. The van der Waals surface area contributed by atoms with Crippen LogP contribution in [0.15, 0.2) is 0 Å². The van der Waals surface area contributed by atoms with Gasteiger partial charge < -0.3 is 4.61 Å². The summed E-state index contributed by atoms with van der Waals surface area (Å²) >= 11 is 0. The molecular weight excluding hydrogens is 114 g/mol. The van der Waals surface area contributed by atoms with Gasteiger partial charge in [-0.3, -0.25) is 20.3 Å². The van der Waals surface area contributed by atoms with Gasteiger partial charge in [0.05, 0.1) is 0 Å². The summed E-state index contributed by atoms with van der Waals surface area (Å²) in [6.45, 7) is 1.97.